The van der Waals surface area contributed by atoms with Gasteiger partial charge in [0.1, 0.15) is 18.5 Å². The molecule has 0 amide bonds. The number of hydrogen-bond acceptors (Lipinski definition) is 5. The number of nitrogens with two attached hydrogens (primary N) is 1. The predicted octanol–water partition coefficient (Wildman–Crippen LogP) is -0.806. The van der Waals surface area contributed by atoms with Gasteiger partial charge in [-0.1, -0.05) is 0 Å². The van der Waals surface area contributed by atoms with E-state index in [1.54, 1.807) is 0 Å². The lowest BCUT2D eigenvalue weighted by molar-refractivity contribution is 1.12. The molecule has 10 heavy (non-hydrogen) atoms. The highest BCUT2D eigenvalue weighted by Crippen LogP contribution is 2.05. The molecule has 0 spiro atoms. The first-order chi connectivity index (χ1) is 4.88. The Morgan fingerprint density at radius 1 is 1.30 bits per heavy atom. The summed E-state index contributed by atoms with van der Waals surface area (Å²) in [5.74, 6) is 1.09. The van der Waals surface area contributed by atoms with E-state index in [4.69, 9.17) is 5.73 Å². The number of aliphatic imine (C=N–C) groups is 4. The normalized spacial score (nSPS) is 27.8. The van der Waals surface area contributed by atoms with Crippen molar-refractivity contribution >= 4 is 24.3 Å². The van der Waals surface area contributed by atoms with Crippen molar-refractivity contribution in [2.75, 3.05) is 0 Å². The Morgan fingerprint density at radius 2 is 2.20 bits per heavy atom. The third-order valence-corrected chi connectivity index (χ3v) is 1.33. The number of rotatable bonds is 0. The third-order valence-electron chi connectivity index (χ3n) is 1.33. The summed E-state index contributed by atoms with van der Waals surface area (Å²) in [6, 6.07) is -0.218. The highest BCUT2D eigenvalue weighted by Gasteiger charge is 2.23. The van der Waals surface area contributed by atoms with Crippen LogP contribution in [0.1, 0.15) is 0 Å². The van der Waals surface area contributed by atoms with E-state index in [1.807, 2.05) is 0 Å². The van der Waals surface area contributed by atoms with Gasteiger partial charge >= 0.3 is 0 Å². The predicted molar refractivity (Wildman–Crippen MR) is 39.8 cm³/mol. The average Bonchev–Trinajstić information content (AvgIpc) is 2.36. The fourth-order valence-electron chi connectivity index (χ4n) is 0.834. The summed E-state index contributed by atoms with van der Waals surface area (Å²) < 4.78 is 0. The van der Waals surface area contributed by atoms with Gasteiger partial charge in [0.25, 0.3) is 0 Å². The van der Waals surface area contributed by atoms with Crippen LogP contribution in [0.3, 0.4) is 0 Å². The standard InChI is InChI=1S/C5H5N5/c6-4-3-5(9-1-7-3)10-2-8-4/h1-3H,(H2,6,7,8,9,10). The minimum Gasteiger partial charge on any atom is -0.385 e. The Morgan fingerprint density at radius 3 is 3.00 bits per heavy atom. The van der Waals surface area contributed by atoms with E-state index in [9.17, 15) is 0 Å². The Balaban J connectivity index is 2.43. The van der Waals surface area contributed by atoms with Gasteiger partial charge in [0.15, 0.2) is 11.9 Å². The smallest absolute Gasteiger partial charge is 0.168 e. The van der Waals surface area contributed by atoms with Crippen LogP contribution in [0.15, 0.2) is 20.0 Å². The van der Waals surface area contributed by atoms with E-state index in [0.717, 1.165) is 0 Å². The van der Waals surface area contributed by atoms with Crippen molar-refractivity contribution in [1.82, 2.24) is 0 Å². The molecule has 2 rings (SSSR count). The zero-order valence-corrected chi connectivity index (χ0v) is 5.10. The summed E-state index contributed by atoms with van der Waals surface area (Å²) >= 11 is 0. The minimum absolute atomic E-state index is 0.218. The number of hydrogen-bond donors (Lipinski definition) is 1. The van der Waals surface area contributed by atoms with Crippen LogP contribution in [-0.2, 0) is 0 Å². The Bertz CT molecular complexity index is 272. The van der Waals surface area contributed by atoms with Crippen LogP contribution < -0.4 is 5.73 Å². The van der Waals surface area contributed by atoms with Crippen molar-refractivity contribution in [3.8, 4) is 0 Å². The molecule has 2 aliphatic heterocycles. The maximum Gasteiger partial charge on any atom is 0.168 e. The molecule has 2 heterocycles. The van der Waals surface area contributed by atoms with Gasteiger partial charge in [0, 0.05) is 0 Å². The van der Waals surface area contributed by atoms with Gasteiger partial charge < -0.3 is 5.73 Å². The number of fused-ring (bicyclic) bond motifs is 1. The van der Waals surface area contributed by atoms with E-state index in [2.05, 4.69) is 20.0 Å². The molecule has 0 saturated heterocycles. The highest BCUT2D eigenvalue weighted by molar-refractivity contribution is 6.19. The topological polar surface area (TPSA) is 75.5 Å². The van der Waals surface area contributed by atoms with E-state index in [-0.39, 0.29) is 6.04 Å². The number of amidine groups is 2. The monoisotopic (exact) mass is 135 g/mol. The molecule has 0 aromatic rings. The Kier molecular flexibility index (Phi) is 0.913. The van der Waals surface area contributed by atoms with Gasteiger partial charge in [-0.25, -0.2) is 15.0 Å². The second-order valence-electron chi connectivity index (χ2n) is 1.95. The van der Waals surface area contributed by atoms with Crippen molar-refractivity contribution in [2.45, 2.75) is 6.04 Å². The summed E-state index contributed by atoms with van der Waals surface area (Å²) in [4.78, 5) is 15.5. The van der Waals surface area contributed by atoms with Gasteiger partial charge in [-0.05, 0) is 0 Å². The van der Waals surface area contributed by atoms with Crippen LogP contribution in [0.25, 0.3) is 0 Å². The van der Waals surface area contributed by atoms with Gasteiger partial charge in [0.2, 0.25) is 0 Å². The maximum atomic E-state index is 5.48. The fraction of sp³-hybridized carbons (Fsp3) is 0.200. The molecule has 5 nitrogen and oxygen atoms in total. The zero-order chi connectivity index (χ0) is 6.97. The molecule has 0 aromatic carbocycles. The van der Waals surface area contributed by atoms with E-state index >= 15 is 0 Å². The molecule has 1 atom stereocenters. The van der Waals surface area contributed by atoms with E-state index in [0.29, 0.717) is 11.7 Å². The quantitative estimate of drug-likeness (QED) is 0.463. The van der Waals surface area contributed by atoms with Gasteiger partial charge in [-0.2, -0.15) is 0 Å². The van der Waals surface area contributed by atoms with Crippen LogP contribution in [-0.4, -0.2) is 30.4 Å². The first kappa shape index (κ1) is 5.28. The van der Waals surface area contributed by atoms with Crippen LogP contribution in [0.2, 0.25) is 0 Å². The fourth-order valence-corrected chi connectivity index (χ4v) is 0.834. The molecular weight excluding hydrogens is 130 g/mol. The van der Waals surface area contributed by atoms with Gasteiger partial charge in [-0.15, -0.1) is 0 Å². The molecular formula is C5H5N5. The highest BCUT2D eigenvalue weighted by atomic mass is 15.1. The summed E-state index contributed by atoms with van der Waals surface area (Å²) in [7, 11) is 0. The molecule has 0 fully saturated rings. The number of nitrogens with zero attached hydrogens (tertiary/aromatic N) is 4. The maximum absolute atomic E-state index is 5.48. The second kappa shape index (κ2) is 1.73. The molecule has 2 aliphatic rings. The molecule has 0 aromatic heterocycles. The van der Waals surface area contributed by atoms with E-state index < -0.39 is 0 Å². The molecule has 0 bridgehead atoms. The molecule has 0 saturated carbocycles. The molecule has 50 valence electrons. The SMILES string of the molecule is NC1=NC=NC2=NC=NC12. The van der Waals surface area contributed by atoms with Gasteiger partial charge in [0.05, 0.1) is 0 Å². The lowest BCUT2D eigenvalue weighted by atomic mass is 10.2. The first-order valence-electron chi connectivity index (χ1n) is 2.83. The van der Waals surface area contributed by atoms with Crippen LogP contribution in [0, 0.1) is 0 Å². The van der Waals surface area contributed by atoms with Crippen molar-refractivity contribution in [1.29, 1.82) is 0 Å². The van der Waals surface area contributed by atoms with Crippen LogP contribution in [0.4, 0.5) is 0 Å². The summed E-state index contributed by atoms with van der Waals surface area (Å²) in [6.45, 7) is 0. The van der Waals surface area contributed by atoms with Crippen molar-refractivity contribution in [3.63, 3.8) is 0 Å². The Hall–Kier alpha value is -1.52. The summed E-state index contributed by atoms with van der Waals surface area (Å²) in [5.41, 5.74) is 5.48. The molecule has 1 unspecified atom stereocenters. The largest absolute Gasteiger partial charge is 0.385 e. The molecule has 0 radical (unpaired) electrons. The summed E-state index contributed by atoms with van der Waals surface area (Å²) in [6.07, 6.45) is 2.84. The van der Waals surface area contributed by atoms with Crippen molar-refractivity contribution in [3.05, 3.63) is 0 Å². The van der Waals surface area contributed by atoms with E-state index in [1.165, 1.54) is 12.7 Å². The lowest BCUT2D eigenvalue weighted by Crippen LogP contribution is -2.34. The zero-order valence-electron chi connectivity index (χ0n) is 5.10. The van der Waals surface area contributed by atoms with Crippen LogP contribution >= 0.6 is 0 Å². The molecule has 0 aliphatic carbocycles. The average molecular weight is 135 g/mol. The lowest BCUT2D eigenvalue weighted by Gasteiger charge is -2.08. The van der Waals surface area contributed by atoms with Crippen molar-refractivity contribution < 1.29 is 0 Å². The van der Waals surface area contributed by atoms with Crippen LogP contribution in [0.5, 0.6) is 0 Å². The van der Waals surface area contributed by atoms with Crippen molar-refractivity contribution in [2.24, 2.45) is 25.7 Å². The second-order valence-corrected chi connectivity index (χ2v) is 1.95. The Labute approximate surface area is 57.1 Å². The molecule has 5 heteroatoms. The summed E-state index contributed by atoms with van der Waals surface area (Å²) in [5, 5.41) is 0. The minimum atomic E-state index is -0.218. The first-order valence-corrected chi connectivity index (χ1v) is 2.83. The molecule has 2 N–H and O–H groups in total. The third kappa shape index (κ3) is 0.570. The van der Waals surface area contributed by atoms with Gasteiger partial charge in [-0.3, -0.25) is 4.99 Å².